The molecule has 1 saturated heterocycles. The van der Waals surface area contributed by atoms with E-state index in [1.165, 1.54) is 0 Å². The van der Waals surface area contributed by atoms with Gasteiger partial charge in [0.2, 0.25) is 5.91 Å². The van der Waals surface area contributed by atoms with Gasteiger partial charge in [0.15, 0.2) is 5.82 Å². The Labute approximate surface area is 157 Å². The fraction of sp³-hybridized carbons (Fsp3) is 0.286. The number of fused-ring (bicyclic) bond motifs is 1. The Morgan fingerprint density at radius 3 is 2.33 bits per heavy atom. The summed E-state index contributed by atoms with van der Waals surface area (Å²) >= 11 is 0. The average Bonchev–Trinajstić information content (AvgIpc) is 2.71. The van der Waals surface area contributed by atoms with Gasteiger partial charge in [-0.05, 0) is 17.7 Å². The molecular weight excluding hydrogens is 340 g/mol. The maximum atomic E-state index is 13.3. The highest BCUT2D eigenvalue weighted by Crippen LogP contribution is 2.17. The largest absolute Gasteiger partial charge is 0.348 e. The molecule has 1 aliphatic rings. The maximum absolute atomic E-state index is 13.3. The van der Waals surface area contributed by atoms with Crippen molar-refractivity contribution in [3.05, 3.63) is 70.5 Å². The van der Waals surface area contributed by atoms with Gasteiger partial charge in [-0.2, -0.15) is 0 Å². The summed E-state index contributed by atoms with van der Waals surface area (Å²) in [4.78, 5) is 33.3. The van der Waals surface area contributed by atoms with Gasteiger partial charge >= 0.3 is 0 Å². The third-order valence-electron chi connectivity index (χ3n) is 5.04. The first-order valence-corrected chi connectivity index (χ1v) is 9.17. The molecule has 2 heterocycles. The predicted molar refractivity (Wildman–Crippen MR) is 106 cm³/mol. The maximum Gasteiger partial charge on any atom is 0.294 e. The Morgan fingerprint density at radius 2 is 1.63 bits per heavy atom. The zero-order valence-electron chi connectivity index (χ0n) is 15.3. The number of hydrogen-bond donors (Lipinski definition) is 0. The Balaban J connectivity index is 1.75. The molecule has 6 heteroatoms. The quantitative estimate of drug-likeness (QED) is 0.716. The second-order valence-corrected chi connectivity index (χ2v) is 6.79. The highest BCUT2D eigenvalue weighted by atomic mass is 16.2. The van der Waals surface area contributed by atoms with Gasteiger partial charge in [-0.1, -0.05) is 42.5 Å². The van der Waals surface area contributed by atoms with Crippen LogP contribution in [0.15, 0.2) is 59.4 Å². The van der Waals surface area contributed by atoms with Gasteiger partial charge in [-0.25, -0.2) is 4.98 Å². The lowest BCUT2D eigenvalue weighted by Gasteiger charge is -2.34. The van der Waals surface area contributed by atoms with Crippen molar-refractivity contribution in [2.45, 2.75) is 13.5 Å². The standard InChI is InChI=1S/C21H22N4O2/c1-16(26)23-11-13-24(14-12-23)20-21(27)25(15-17-7-3-2-4-8-17)19-10-6-5-9-18(19)22-20/h2-10H,11-15H2,1H3. The van der Waals surface area contributed by atoms with E-state index in [9.17, 15) is 9.59 Å². The Bertz CT molecular complexity index is 1020. The number of carbonyl (C=O) groups is 1. The number of aromatic nitrogens is 2. The molecule has 1 amide bonds. The van der Waals surface area contributed by atoms with E-state index in [4.69, 9.17) is 0 Å². The number of anilines is 1. The summed E-state index contributed by atoms with van der Waals surface area (Å²) in [5, 5.41) is 0. The van der Waals surface area contributed by atoms with E-state index in [0.717, 1.165) is 16.6 Å². The number of benzene rings is 2. The summed E-state index contributed by atoms with van der Waals surface area (Å²) in [6, 6.07) is 17.7. The molecule has 0 saturated carbocycles. The molecule has 1 fully saturated rings. The van der Waals surface area contributed by atoms with Gasteiger partial charge in [0.1, 0.15) is 0 Å². The number of para-hydroxylation sites is 2. The SMILES string of the molecule is CC(=O)N1CCN(c2nc3ccccc3n(Cc3ccccc3)c2=O)CC1. The number of nitrogens with zero attached hydrogens (tertiary/aromatic N) is 4. The molecule has 6 nitrogen and oxygen atoms in total. The van der Waals surface area contributed by atoms with Crippen LogP contribution in [0.4, 0.5) is 5.82 Å². The number of piperazine rings is 1. The summed E-state index contributed by atoms with van der Waals surface area (Å²) in [6.07, 6.45) is 0. The van der Waals surface area contributed by atoms with Crippen molar-refractivity contribution >= 4 is 22.8 Å². The van der Waals surface area contributed by atoms with Gasteiger partial charge in [0, 0.05) is 33.1 Å². The lowest BCUT2D eigenvalue weighted by molar-refractivity contribution is -0.129. The summed E-state index contributed by atoms with van der Waals surface area (Å²) in [5.41, 5.74) is 2.62. The fourth-order valence-corrected chi connectivity index (χ4v) is 3.54. The van der Waals surface area contributed by atoms with Crippen LogP contribution < -0.4 is 10.5 Å². The molecule has 0 atom stereocenters. The molecule has 4 rings (SSSR count). The Kier molecular flexibility index (Phi) is 4.62. The summed E-state index contributed by atoms with van der Waals surface area (Å²) in [7, 11) is 0. The van der Waals surface area contributed by atoms with E-state index < -0.39 is 0 Å². The van der Waals surface area contributed by atoms with E-state index in [0.29, 0.717) is 38.5 Å². The summed E-state index contributed by atoms with van der Waals surface area (Å²) in [5.74, 6) is 0.537. The van der Waals surface area contributed by atoms with Gasteiger partial charge in [0.25, 0.3) is 5.56 Å². The van der Waals surface area contributed by atoms with Crippen LogP contribution in [0.3, 0.4) is 0 Å². The number of amides is 1. The van der Waals surface area contributed by atoms with Crippen LogP contribution in [0.25, 0.3) is 11.0 Å². The molecule has 0 bridgehead atoms. The highest BCUT2D eigenvalue weighted by molar-refractivity contribution is 5.77. The van der Waals surface area contributed by atoms with Gasteiger partial charge in [-0.15, -0.1) is 0 Å². The van der Waals surface area contributed by atoms with Crippen molar-refractivity contribution < 1.29 is 4.79 Å². The third-order valence-corrected chi connectivity index (χ3v) is 5.04. The Morgan fingerprint density at radius 1 is 0.963 bits per heavy atom. The van der Waals surface area contributed by atoms with E-state index in [1.807, 2.05) is 59.5 Å². The van der Waals surface area contributed by atoms with Crippen LogP contribution in [-0.2, 0) is 11.3 Å². The molecule has 0 N–H and O–H groups in total. The Hall–Kier alpha value is -3.15. The number of hydrogen-bond acceptors (Lipinski definition) is 4. The van der Waals surface area contributed by atoms with Gasteiger partial charge in [0.05, 0.1) is 17.6 Å². The van der Waals surface area contributed by atoms with E-state index in [-0.39, 0.29) is 11.5 Å². The van der Waals surface area contributed by atoms with Crippen LogP contribution in [-0.4, -0.2) is 46.5 Å². The first kappa shape index (κ1) is 17.3. The van der Waals surface area contributed by atoms with Gasteiger partial charge in [-0.3, -0.25) is 14.2 Å². The molecule has 0 unspecified atom stereocenters. The minimum atomic E-state index is -0.0890. The first-order chi connectivity index (χ1) is 13.1. The van der Waals surface area contributed by atoms with Crippen molar-refractivity contribution in [2.24, 2.45) is 0 Å². The number of carbonyl (C=O) groups excluding carboxylic acids is 1. The van der Waals surface area contributed by atoms with E-state index >= 15 is 0 Å². The van der Waals surface area contributed by atoms with Crippen LogP contribution in [0.5, 0.6) is 0 Å². The topological polar surface area (TPSA) is 58.4 Å². The molecule has 0 aliphatic carbocycles. The molecule has 0 radical (unpaired) electrons. The zero-order chi connectivity index (χ0) is 18.8. The van der Waals surface area contributed by atoms with Crippen LogP contribution >= 0.6 is 0 Å². The second-order valence-electron chi connectivity index (χ2n) is 6.79. The molecule has 3 aromatic rings. The van der Waals surface area contributed by atoms with Crippen LogP contribution in [0.2, 0.25) is 0 Å². The summed E-state index contributed by atoms with van der Waals surface area (Å²) in [6.45, 7) is 4.54. The summed E-state index contributed by atoms with van der Waals surface area (Å²) < 4.78 is 1.80. The molecule has 1 aliphatic heterocycles. The molecule has 2 aromatic carbocycles. The number of rotatable bonds is 3. The lowest BCUT2D eigenvalue weighted by atomic mass is 10.2. The smallest absolute Gasteiger partial charge is 0.294 e. The molecule has 27 heavy (non-hydrogen) atoms. The van der Waals surface area contributed by atoms with Crippen molar-refractivity contribution in [2.75, 3.05) is 31.1 Å². The zero-order valence-corrected chi connectivity index (χ0v) is 15.3. The second kappa shape index (κ2) is 7.23. The predicted octanol–water partition coefficient (Wildman–Crippen LogP) is 2.11. The molecule has 138 valence electrons. The van der Waals surface area contributed by atoms with Crippen molar-refractivity contribution in [3.8, 4) is 0 Å². The third kappa shape index (κ3) is 3.43. The van der Waals surface area contributed by atoms with Crippen molar-refractivity contribution in [1.82, 2.24) is 14.5 Å². The molecule has 1 aromatic heterocycles. The lowest BCUT2D eigenvalue weighted by Crippen LogP contribution is -2.50. The average molecular weight is 362 g/mol. The van der Waals surface area contributed by atoms with Crippen molar-refractivity contribution in [1.29, 1.82) is 0 Å². The monoisotopic (exact) mass is 362 g/mol. The van der Waals surface area contributed by atoms with E-state index in [1.54, 1.807) is 16.4 Å². The van der Waals surface area contributed by atoms with Crippen molar-refractivity contribution in [3.63, 3.8) is 0 Å². The van der Waals surface area contributed by atoms with E-state index in [2.05, 4.69) is 4.98 Å². The first-order valence-electron chi connectivity index (χ1n) is 9.17. The minimum Gasteiger partial charge on any atom is -0.348 e. The van der Waals surface area contributed by atoms with Crippen LogP contribution in [0, 0.1) is 0 Å². The molecule has 0 spiro atoms. The highest BCUT2D eigenvalue weighted by Gasteiger charge is 2.23. The van der Waals surface area contributed by atoms with Gasteiger partial charge < -0.3 is 9.80 Å². The van der Waals surface area contributed by atoms with Crippen LogP contribution in [0.1, 0.15) is 12.5 Å². The fourth-order valence-electron chi connectivity index (χ4n) is 3.54. The normalized spacial score (nSPS) is 14.6. The molecular formula is C21H22N4O2. The minimum absolute atomic E-state index is 0.0719.